The largest absolute Gasteiger partial charge is 0.497 e. The Morgan fingerprint density at radius 3 is 2.55 bits per heavy atom. The molecule has 0 aliphatic carbocycles. The molecule has 1 fully saturated rings. The molecule has 7 heteroatoms. The van der Waals surface area contributed by atoms with Gasteiger partial charge in [0.2, 0.25) is 0 Å². The predicted molar refractivity (Wildman–Crippen MR) is 120 cm³/mol. The van der Waals surface area contributed by atoms with Crippen molar-refractivity contribution in [3.05, 3.63) is 65.9 Å². The van der Waals surface area contributed by atoms with Gasteiger partial charge in [-0.25, -0.2) is 0 Å². The van der Waals surface area contributed by atoms with E-state index in [1.54, 1.807) is 13.2 Å². The van der Waals surface area contributed by atoms with E-state index in [9.17, 15) is 4.79 Å². The number of hydrogen-bond acceptors (Lipinski definition) is 5. The Morgan fingerprint density at radius 1 is 1.03 bits per heavy atom. The first kappa shape index (κ1) is 20.9. The first-order valence-electron chi connectivity index (χ1n) is 10.5. The quantitative estimate of drug-likeness (QED) is 0.636. The number of rotatable bonds is 7. The van der Waals surface area contributed by atoms with Crippen LogP contribution < -0.4 is 9.47 Å². The number of nitrogens with one attached hydrogen (secondary N) is 1. The molecule has 1 aliphatic rings. The molecule has 1 aliphatic heterocycles. The molecular formula is C24H28N4O3. The lowest BCUT2D eigenvalue weighted by Gasteiger charge is -2.34. The van der Waals surface area contributed by atoms with Crippen LogP contribution in [-0.4, -0.2) is 72.3 Å². The van der Waals surface area contributed by atoms with Gasteiger partial charge in [0.1, 0.15) is 23.8 Å². The van der Waals surface area contributed by atoms with Gasteiger partial charge in [-0.05, 0) is 37.3 Å². The van der Waals surface area contributed by atoms with Crippen molar-refractivity contribution < 1.29 is 14.3 Å². The molecule has 0 spiro atoms. The maximum atomic E-state index is 12.9. The number of ether oxygens (including phenoxy) is 2. The molecule has 0 bridgehead atoms. The van der Waals surface area contributed by atoms with Crippen LogP contribution in [0.15, 0.2) is 54.6 Å². The van der Waals surface area contributed by atoms with E-state index in [0.29, 0.717) is 25.4 Å². The van der Waals surface area contributed by atoms with E-state index < -0.39 is 0 Å². The van der Waals surface area contributed by atoms with Crippen LogP contribution in [0.5, 0.6) is 11.5 Å². The Bertz CT molecular complexity index is 1010. The molecule has 3 aromatic rings. The summed E-state index contributed by atoms with van der Waals surface area (Å²) in [5.74, 6) is 1.64. The third-order valence-corrected chi connectivity index (χ3v) is 5.53. The van der Waals surface area contributed by atoms with Crippen LogP contribution in [0.2, 0.25) is 0 Å². The number of hydrogen-bond donors (Lipinski definition) is 1. The van der Waals surface area contributed by atoms with Crippen LogP contribution in [0.3, 0.4) is 0 Å². The highest BCUT2D eigenvalue weighted by molar-refractivity contribution is 5.93. The summed E-state index contributed by atoms with van der Waals surface area (Å²) in [7, 11) is 1.63. The number of aromatic nitrogens is 2. The normalized spacial score (nSPS) is 14.5. The van der Waals surface area contributed by atoms with E-state index in [2.05, 4.69) is 34.2 Å². The van der Waals surface area contributed by atoms with Crippen molar-refractivity contribution in [2.75, 3.05) is 46.4 Å². The third kappa shape index (κ3) is 5.24. The van der Waals surface area contributed by atoms with E-state index in [-0.39, 0.29) is 5.91 Å². The van der Waals surface area contributed by atoms with Crippen molar-refractivity contribution in [2.45, 2.75) is 6.92 Å². The number of carbonyl (C=O) groups is 1. The highest BCUT2D eigenvalue weighted by Gasteiger charge is 2.23. The van der Waals surface area contributed by atoms with Crippen LogP contribution in [0.4, 0.5) is 0 Å². The average Bonchev–Trinajstić information content (AvgIpc) is 3.31. The van der Waals surface area contributed by atoms with Crippen molar-refractivity contribution in [1.29, 1.82) is 0 Å². The SMILES string of the molecule is COc1cccc(-c2cc(C(=O)N3CCN(CCOc4ccc(C)cc4)CC3)[nH]n2)c1. The van der Waals surface area contributed by atoms with Gasteiger partial charge in [-0.15, -0.1) is 0 Å². The van der Waals surface area contributed by atoms with E-state index >= 15 is 0 Å². The maximum Gasteiger partial charge on any atom is 0.271 e. The van der Waals surface area contributed by atoms with Gasteiger partial charge in [0.05, 0.1) is 12.8 Å². The molecule has 2 aromatic carbocycles. The van der Waals surface area contributed by atoms with Crippen molar-refractivity contribution >= 4 is 5.91 Å². The first-order chi connectivity index (χ1) is 15.1. The van der Waals surface area contributed by atoms with Gasteiger partial charge in [0, 0.05) is 38.3 Å². The van der Waals surface area contributed by atoms with Crippen LogP contribution in [0.1, 0.15) is 16.1 Å². The Kier molecular flexibility index (Phi) is 6.52. The molecule has 0 atom stereocenters. The highest BCUT2D eigenvalue weighted by atomic mass is 16.5. The number of benzene rings is 2. The van der Waals surface area contributed by atoms with E-state index in [1.807, 2.05) is 41.3 Å². The fraction of sp³-hybridized carbons (Fsp3) is 0.333. The van der Waals surface area contributed by atoms with Crippen molar-refractivity contribution in [2.24, 2.45) is 0 Å². The molecule has 162 valence electrons. The van der Waals surface area contributed by atoms with Gasteiger partial charge < -0.3 is 14.4 Å². The highest BCUT2D eigenvalue weighted by Crippen LogP contribution is 2.23. The molecule has 4 rings (SSSR count). The van der Waals surface area contributed by atoms with Crippen molar-refractivity contribution in [1.82, 2.24) is 20.0 Å². The second-order valence-electron chi connectivity index (χ2n) is 7.69. The molecule has 0 saturated carbocycles. The zero-order valence-electron chi connectivity index (χ0n) is 18.0. The number of nitrogens with zero attached hydrogens (tertiary/aromatic N) is 3. The number of aryl methyl sites for hydroxylation is 1. The molecule has 1 saturated heterocycles. The second-order valence-corrected chi connectivity index (χ2v) is 7.69. The van der Waals surface area contributed by atoms with E-state index in [4.69, 9.17) is 9.47 Å². The summed E-state index contributed by atoms with van der Waals surface area (Å²) in [6.07, 6.45) is 0. The lowest BCUT2D eigenvalue weighted by molar-refractivity contribution is 0.0614. The minimum absolute atomic E-state index is 0.0165. The second kappa shape index (κ2) is 9.66. The smallest absolute Gasteiger partial charge is 0.271 e. The van der Waals surface area contributed by atoms with Gasteiger partial charge in [0.15, 0.2) is 0 Å². The average molecular weight is 421 g/mol. The number of methoxy groups -OCH3 is 1. The van der Waals surface area contributed by atoms with E-state index in [0.717, 1.165) is 42.4 Å². The topological polar surface area (TPSA) is 70.7 Å². The molecule has 0 radical (unpaired) electrons. The zero-order valence-corrected chi connectivity index (χ0v) is 18.0. The van der Waals surface area contributed by atoms with Crippen LogP contribution in [0.25, 0.3) is 11.3 Å². The molecule has 2 heterocycles. The summed E-state index contributed by atoms with van der Waals surface area (Å²) < 4.78 is 11.1. The summed E-state index contributed by atoms with van der Waals surface area (Å²) in [6.45, 7) is 6.60. The first-order valence-corrected chi connectivity index (χ1v) is 10.5. The Labute approximate surface area is 182 Å². The molecule has 31 heavy (non-hydrogen) atoms. The van der Waals surface area contributed by atoms with Crippen molar-refractivity contribution in [3.8, 4) is 22.8 Å². The number of H-pyrrole nitrogens is 1. The molecule has 1 aromatic heterocycles. The number of aromatic amines is 1. The Balaban J connectivity index is 1.26. The lowest BCUT2D eigenvalue weighted by atomic mass is 10.1. The standard InChI is InChI=1S/C24H28N4O3/c1-18-6-8-20(9-7-18)31-15-14-27-10-12-28(13-11-27)24(29)23-17-22(25-26-23)19-4-3-5-21(16-19)30-2/h3-9,16-17H,10-15H2,1-2H3,(H,25,26). The molecule has 7 nitrogen and oxygen atoms in total. The summed E-state index contributed by atoms with van der Waals surface area (Å²) in [5.41, 5.74) is 3.37. The monoisotopic (exact) mass is 420 g/mol. The minimum atomic E-state index is -0.0165. The van der Waals surface area contributed by atoms with E-state index in [1.165, 1.54) is 5.56 Å². The number of piperazine rings is 1. The number of amides is 1. The summed E-state index contributed by atoms with van der Waals surface area (Å²) >= 11 is 0. The van der Waals surface area contributed by atoms with Crippen LogP contribution in [-0.2, 0) is 0 Å². The van der Waals surface area contributed by atoms with Crippen LogP contribution >= 0.6 is 0 Å². The molecular weight excluding hydrogens is 392 g/mol. The Morgan fingerprint density at radius 2 is 1.81 bits per heavy atom. The Hall–Kier alpha value is -3.32. The van der Waals surface area contributed by atoms with Gasteiger partial charge in [-0.3, -0.25) is 14.8 Å². The van der Waals surface area contributed by atoms with Gasteiger partial charge >= 0.3 is 0 Å². The minimum Gasteiger partial charge on any atom is -0.497 e. The van der Waals surface area contributed by atoms with Gasteiger partial charge in [-0.1, -0.05) is 29.8 Å². The van der Waals surface area contributed by atoms with Gasteiger partial charge in [-0.2, -0.15) is 5.10 Å². The fourth-order valence-electron chi connectivity index (χ4n) is 3.63. The number of carbonyl (C=O) groups excluding carboxylic acids is 1. The lowest BCUT2D eigenvalue weighted by Crippen LogP contribution is -2.49. The molecule has 0 unspecified atom stereocenters. The fourth-order valence-corrected chi connectivity index (χ4v) is 3.63. The summed E-state index contributed by atoms with van der Waals surface area (Å²) in [6, 6.07) is 17.5. The molecule has 1 N–H and O–H groups in total. The van der Waals surface area contributed by atoms with Crippen molar-refractivity contribution in [3.63, 3.8) is 0 Å². The predicted octanol–water partition coefficient (Wildman–Crippen LogP) is 3.23. The van der Waals surface area contributed by atoms with Crippen LogP contribution in [0, 0.1) is 6.92 Å². The van der Waals surface area contributed by atoms with Gasteiger partial charge in [0.25, 0.3) is 5.91 Å². The zero-order chi connectivity index (χ0) is 21.6. The third-order valence-electron chi connectivity index (χ3n) is 5.53. The molecule has 1 amide bonds. The summed E-state index contributed by atoms with van der Waals surface area (Å²) in [4.78, 5) is 17.1. The maximum absolute atomic E-state index is 12.9. The summed E-state index contributed by atoms with van der Waals surface area (Å²) in [5, 5.41) is 7.20.